The molecule has 0 saturated carbocycles. The largest absolute Gasteiger partial charge is 0.461 e. The standard InChI is InChI=1S/C23H21O2P/c1-26-17-22(24)25-18-23(19-11-5-2-6-12-19,20-13-7-3-8-14-20)21-15-9-4-10-16-21/h2-17H,18H2,1H3. The molecule has 0 unspecified atom stereocenters. The molecule has 0 N–H and O–H groups in total. The Morgan fingerprint density at radius 2 is 1.19 bits per heavy atom. The van der Waals surface area contributed by atoms with Crippen molar-refractivity contribution in [2.24, 2.45) is 0 Å². The van der Waals surface area contributed by atoms with Gasteiger partial charge in [0.05, 0.1) is 5.41 Å². The monoisotopic (exact) mass is 360 g/mol. The van der Waals surface area contributed by atoms with Crippen molar-refractivity contribution in [1.29, 1.82) is 0 Å². The zero-order chi connectivity index (χ0) is 18.2. The highest BCUT2D eigenvalue weighted by Crippen LogP contribution is 2.39. The summed E-state index contributed by atoms with van der Waals surface area (Å²) in [6.45, 7) is 2.15. The summed E-state index contributed by atoms with van der Waals surface area (Å²) in [4.78, 5) is 12.1. The molecule has 0 amide bonds. The second-order valence-electron chi connectivity index (χ2n) is 6.00. The molecular formula is C23H21O2P. The molecule has 2 nitrogen and oxygen atoms in total. The molecule has 0 aromatic heterocycles. The Morgan fingerprint density at radius 3 is 1.54 bits per heavy atom. The predicted octanol–water partition coefficient (Wildman–Crippen LogP) is 4.94. The number of rotatable bonds is 6. The van der Waals surface area contributed by atoms with Gasteiger partial charge in [0.15, 0.2) is 0 Å². The van der Waals surface area contributed by atoms with Crippen molar-refractivity contribution < 1.29 is 9.53 Å². The first-order valence-corrected chi connectivity index (χ1v) is 9.94. The van der Waals surface area contributed by atoms with E-state index in [0.717, 1.165) is 24.9 Å². The van der Waals surface area contributed by atoms with Crippen molar-refractivity contribution in [3.63, 3.8) is 0 Å². The number of hydrogen-bond donors (Lipinski definition) is 0. The molecule has 0 fully saturated rings. The highest BCUT2D eigenvalue weighted by molar-refractivity contribution is 7.40. The van der Waals surface area contributed by atoms with Gasteiger partial charge >= 0.3 is 5.97 Å². The van der Waals surface area contributed by atoms with Gasteiger partial charge in [-0.25, -0.2) is 4.79 Å². The van der Waals surface area contributed by atoms with E-state index in [9.17, 15) is 4.79 Å². The van der Waals surface area contributed by atoms with Crippen molar-refractivity contribution >= 4 is 20.0 Å². The maximum atomic E-state index is 12.1. The van der Waals surface area contributed by atoms with Crippen molar-refractivity contribution in [2.45, 2.75) is 5.41 Å². The van der Waals surface area contributed by atoms with Crippen LogP contribution in [0.4, 0.5) is 0 Å². The lowest BCUT2D eigenvalue weighted by Gasteiger charge is -2.35. The van der Waals surface area contributed by atoms with E-state index in [1.807, 2.05) is 61.3 Å². The van der Waals surface area contributed by atoms with Crippen LogP contribution in [-0.4, -0.2) is 25.0 Å². The smallest absolute Gasteiger partial charge is 0.335 e. The maximum absolute atomic E-state index is 12.1. The van der Waals surface area contributed by atoms with Gasteiger partial charge in [-0.2, -0.15) is 0 Å². The first-order chi connectivity index (χ1) is 12.8. The summed E-state index contributed by atoms with van der Waals surface area (Å²) in [5.74, 6) is 1.26. The third kappa shape index (κ3) is 3.76. The van der Waals surface area contributed by atoms with Gasteiger partial charge in [-0.1, -0.05) is 91.0 Å². The highest BCUT2D eigenvalue weighted by Gasteiger charge is 2.37. The van der Waals surface area contributed by atoms with E-state index in [1.165, 1.54) is 0 Å². The average Bonchev–Trinajstić information content (AvgIpc) is 2.71. The molecule has 0 saturated heterocycles. The van der Waals surface area contributed by atoms with E-state index in [0.29, 0.717) is 0 Å². The minimum atomic E-state index is -0.558. The van der Waals surface area contributed by atoms with Crippen LogP contribution in [0.25, 0.3) is 0 Å². The normalized spacial score (nSPS) is 11.4. The Morgan fingerprint density at radius 1 is 0.808 bits per heavy atom. The lowest BCUT2D eigenvalue weighted by atomic mass is 9.70. The molecule has 3 heteroatoms. The molecule has 0 radical (unpaired) electrons. The van der Waals surface area contributed by atoms with Crippen LogP contribution in [0.2, 0.25) is 0 Å². The first-order valence-electron chi connectivity index (χ1n) is 8.53. The third-order valence-electron chi connectivity index (χ3n) is 4.47. The first kappa shape index (κ1) is 18.1. The Labute approximate surface area is 156 Å². The summed E-state index contributed by atoms with van der Waals surface area (Å²) in [7, 11) is 0.890. The Hall–Kier alpha value is -2.70. The van der Waals surface area contributed by atoms with Crippen LogP contribution in [0.1, 0.15) is 16.7 Å². The summed E-state index contributed by atoms with van der Waals surface area (Å²) in [5, 5.41) is 0. The molecule has 0 atom stereocenters. The molecule has 0 aliphatic heterocycles. The van der Waals surface area contributed by atoms with Gasteiger partial charge < -0.3 is 4.74 Å². The molecule has 3 aromatic carbocycles. The van der Waals surface area contributed by atoms with Gasteiger partial charge in [-0.3, -0.25) is 0 Å². The zero-order valence-corrected chi connectivity index (χ0v) is 15.6. The molecule has 0 spiro atoms. The summed E-state index contributed by atoms with van der Waals surface area (Å²) >= 11 is 0. The van der Waals surface area contributed by atoms with Crippen LogP contribution >= 0.6 is 8.20 Å². The minimum Gasteiger partial charge on any atom is -0.461 e. The molecule has 0 aliphatic rings. The number of carbonyl (C=O) groups is 1. The topological polar surface area (TPSA) is 26.3 Å². The SMILES string of the molecule is CP=CC(=O)OCC(c1ccccc1)(c1ccccc1)c1ccccc1. The Bertz CT molecular complexity index is 762. The number of carbonyl (C=O) groups excluding carboxylic acids is 1. The van der Waals surface area contributed by atoms with E-state index in [-0.39, 0.29) is 12.6 Å². The maximum Gasteiger partial charge on any atom is 0.335 e. The third-order valence-corrected chi connectivity index (χ3v) is 4.93. The molecule has 3 aromatic rings. The molecule has 26 heavy (non-hydrogen) atoms. The fourth-order valence-corrected chi connectivity index (χ4v) is 3.53. The number of hydrogen-bond acceptors (Lipinski definition) is 2. The van der Waals surface area contributed by atoms with E-state index < -0.39 is 5.41 Å². The van der Waals surface area contributed by atoms with Gasteiger partial charge in [-0.15, -0.1) is 8.20 Å². The van der Waals surface area contributed by atoms with Gasteiger partial charge in [0.1, 0.15) is 6.61 Å². The van der Waals surface area contributed by atoms with Crippen LogP contribution in [0.15, 0.2) is 91.0 Å². The van der Waals surface area contributed by atoms with Crippen LogP contribution < -0.4 is 0 Å². The van der Waals surface area contributed by atoms with Gasteiger partial charge in [0.25, 0.3) is 0 Å². The second-order valence-corrected chi connectivity index (χ2v) is 6.77. The quantitative estimate of drug-likeness (QED) is 0.353. The zero-order valence-electron chi connectivity index (χ0n) is 14.7. The lowest BCUT2D eigenvalue weighted by Crippen LogP contribution is -2.36. The van der Waals surface area contributed by atoms with E-state index in [4.69, 9.17) is 4.74 Å². The fourth-order valence-electron chi connectivity index (χ4n) is 3.24. The van der Waals surface area contributed by atoms with E-state index in [2.05, 4.69) is 36.4 Å². The minimum absolute atomic E-state index is 0.246. The van der Waals surface area contributed by atoms with E-state index in [1.54, 1.807) is 5.80 Å². The molecular weight excluding hydrogens is 339 g/mol. The number of esters is 1. The Balaban J connectivity index is 2.19. The molecule has 0 aliphatic carbocycles. The van der Waals surface area contributed by atoms with Crippen LogP contribution in [-0.2, 0) is 14.9 Å². The van der Waals surface area contributed by atoms with Gasteiger partial charge in [0, 0.05) is 5.80 Å². The molecule has 0 bridgehead atoms. The number of ether oxygens (including phenoxy) is 1. The van der Waals surface area contributed by atoms with E-state index >= 15 is 0 Å². The predicted molar refractivity (Wildman–Crippen MR) is 109 cm³/mol. The van der Waals surface area contributed by atoms with Crippen molar-refractivity contribution in [1.82, 2.24) is 0 Å². The lowest BCUT2D eigenvalue weighted by molar-refractivity contribution is -0.135. The Kier molecular flexibility index (Phi) is 5.99. The van der Waals surface area contributed by atoms with Crippen LogP contribution in [0.5, 0.6) is 0 Å². The van der Waals surface area contributed by atoms with Crippen molar-refractivity contribution in [3.8, 4) is 0 Å². The summed E-state index contributed by atoms with van der Waals surface area (Å²) in [6, 6.07) is 30.7. The second kappa shape index (κ2) is 8.60. The number of benzene rings is 3. The fraction of sp³-hybridized carbons (Fsp3) is 0.130. The average molecular weight is 360 g/mol. The van der Waals surface area contributed by atoms with Crippen molar-refractivity contribution in [2.75, 3.05) is 13.3 Å². The summed E-state index contributed by atoms with van der Waals surface area (Å²) < 4.78 is 5.71. The van der Waals surface area contributed by atoms with Gasteiger partial charge in [-0.05, 0) is 23.4 Å². The van der Waals surface area contributed by atoms with Crippen LogP contribution in [0.3, 0.4) is 0 Å². The summed E-state index contributed by atoms with van der Waals surface area (Å²) in [6.07, 6.45) is 0. The van der Waals surface area contributed by atoms with Crippen LogP contribution in [0, 0.1) is 0 Å². The van der Waals surface area contributed by atoms with Crippen molar-refractivity contribution in [3.05, 3.63) is 108 Å². The molecule has 0 heterocycles. The molecule has 130 valence electrons. The molecule has 3 rings (SSSR count). The summed E-state index contributed by atoms with van der Waals surface area (Å²) in [5.41, 5.74) is 2.73. The highest BCUT2D eigenvalue weighted by atomic mass is 31.1. The van der Waals surface area contributed by atoms with Gasteiger partial charge in [0.2, 0.25) is 0 Å².